The van der Waals surface area contributed by atoms with Crippen molar-refractivity contribution in [2.75, 3.05) is 4.90 Å². The smallest absolute Gasteiger partial charge is 0.243 e. The van der Waals surface area contributed by atoms with Crippen LogP contribution in [0.2, 0.25) is 0 Å². The molecular formula is C19H18N4OS. The van der Waals surface area contributed by atoms with Crippen molar-refractivity contribution in [1.29, 1.82) is 0 Å². The minimum absolute atomic E-state index is 0.0501. The van der Waals surface area contributed by atoms with Crippen LogP contribution in [0.1, 0.15) is 30.1 Å². The van der Waals surface area contributed by atoms with Crippen LogP contribution in [0.5, 0.6) is 0 Å². The minimum Gasteiger partial charge on any atom is -0.273 e. The Kier molecular flexibility index (Phi) is 3.47. The summed E-state index contributed by atoms with van der Waals surface area (Å²) in [4.78, 5) is 28.8. The number of aryl methyl sites for hydroxylation is 2. The highest BCUT2D eigenvalue weighted by Crippen LogP contribution is 2.47. The van der Waals surface area contributed by atoms with E-state index >= 15 is 0 Å². The Morgan fingerprint density at radius 2 is 1.72 bits per heavy atom. The lowest BCUT2D eigenvalue weighted by molar-refractivity contribution is -0.121. The van der Waals surface area contributed by atoms with Crippen molar-refractivity contribution < 1.29 is 4.79 Å². The van der Waals surface area contributed by atoms with E-state index in [0.717, 1.165) is 33.1 Å². The third-order valence-corrected chi connectivity index (χ3v) is 5.46. The molecule has 0 saturated heterocycles. The van der Waals surface area contributed by atoms with E-state index in [2.05, 4.69) is 15.0 Å². The summed E-state index contributed by atoms with van der Waals surface area (Å²) in [6.45, 7) is 7.78. The fourth-order valence-electron chi connectivity index (χ4n) is 3.11. The Bertz CT molecular complexity index is 975. The van der Waals surface area contributed by atoms with Gasteiger partial charge >= 0.3 is 0 Å². The molecule has 0 N–H and O–H groups in total. The van der Waals surface area contributed by atoms with Gasteiger partial charge in [-0.3, -0.25) is 9.69 Å². The molecule has 0 radical (unpaired) electrons. The van der Waals surface area contributed by atoms with Crippen molar-refractivity contribution in [2.45, 2.75) is 33.1 Å². The molecule has 25 heavy (non-hydrogen) atoms. The topological polar surface area (TPSA) is 59.0 Å². The predicted octanol–water partition coefficient (Wildman–Crippen LogP) is 4.17. The lowest BCUT2D eigenvalue weighted by Gasteiger charge is -2.17. The van der Waals surface area contributed by atoms with E-state index in [1.807, 2.05) is 58.3 Å². The van der Waals surface area contributed by atoms with E-state index in [1.54, 1.807) is 11.1 Å². The lowest BCUT2D eigenvalue weighted by atomic mass is 9.85. The van der Waals surface area contributed by atoms with Gasteiger partial charge in [-0.05, 0) is 44.9 Å². The van der Waals surface area contributed by atoms with Gasteiger partial charge in [0.05, 0.1) is 11.1 Å². The minimum atomic E-state index is -0.572. The van der Waals surface area contributed by atoms with Gasteiger partial charge in [0.2, 0.25) is 5.91 Å². The number of thiazole rings is 1. The van der Waals surface area contributed by atoms with E-state index in [0.29, 0.717) is 5.13 Å². The largest absolute Gasteiger partial charge is 0.273 e. The highest BCUT2D eigenvalue weighted by atomic mass is 32.1. The van der Waals surface area contributed by atoms with Gasteiger partial charge in [-0.2, -0.15) is 0 Å². The van der Waals surface area contributed by atoms with Crippen molar-refractivity contribution >= 4 is 28.1 Å². The Balaban J connectivity index is 1.88. The quantitative estimate of drug-likeness (QED) is 0.696. The number of aromatic nitrogens is 3. The van der Waals surface area contributed by atoms with Crippen molar-refractivity contribution in [2.24, 2.45) is 0 Å². The molecule has 1 aliphatic heterocycles. The number of rotatable bonds is 2. The van der Waals surface area contributed by atoms with Gasteiger partial charge in [0.1, 0.15) is 5.82 Å². The molecule has 0 unspecified atom stereocenters. The second-order valence-electron chi connectivity index (χ2n) is 6.77. The van der Waals surface area contributed by atoms with Crippen LogP contribution in [0.25, 0.3) is 11.1 Å². The first kappa shape index (κ1) is 15.9. The van der Waals surface area contributed by atoms with Crippen LogP contribution in [0.4, 0.5) is 10.8 Å². The zero-order valence-corrected chi connectivity index (χ0v) is 15.4. The Morgan fingerprint density at radius 3 is 2.36 bits per heavy atom. The molecule has 0 atom stereocenters. The number of fused-ring (bicyclic) bond motifs is 1. The van der Waals surface area contributed by atoms with E-state index < -0.39 is 5.41 Å². The molecule has 2 aromatic heterocycles. The zero-order valence-electron chi connectivity index (χ0n) is 14.6. The maximum absolute atomic E-state index is 13.1. The molecule has 1 aromatic carbocycles. The summed E-state index contributed by atoms with van der Waals surface area (Å²) in [5, 5.41) is 0.714. The van der Waals surface area contributed by atoms with Crippen molar-refractivity contribution in [3.63, 3.8) is 0 Å². The molecule has 0 aliphatic carbocycles. The van der Waals surface area contributed by atoms with Crippen molar-refractivity contribution in [1.82, 2.24) is 15.0 Å². The molecule has 5 nitrogen and oxygen atoms in total. The summed E-state index contributed by atoms with van der Waals surface area (Å²) in [6, 6.07) is 6.09. The lowest BCUT2D eigenvalue weighted by Crippen LogP contribution is -2.33. The molecule has 0 fully saturated rings. The normalized spacial score (nSPS) is 15.5. The van der Waals surface area contributed by atoms with E-state index in [4.69, 9.17) is 0 Å². The number of benzene rings is 1. The summed E-state index contributed by atoms with van der Waals surface area (Å²) in [7, 11) is 0. The average Bonchev–Trinajstić information content (AvgIpc) is 3.08. The van der Waals surface area contributed by atoms with Crippen LogP contribution >= 0.6 is 11.3 Å². The fourth-order valence-corrected chi connectivity index (χ4v) is 3.88. The molecule has 4 rings (SSSR count). The van der Waals surface area contributed by atoms with Crippen molar-refractivity contribution in [3.05, 3.63) is 53.1 Å². The van der Waals surface area contributed by atoms with Gasteiger partial charge in [0.15, 0.2) is 5.13 Å². The zero-order chi connectivity index (χ0) is 17.8. The molecule has 126 valence electrons. The van der Waals surface area contributed by atoms with Crippen LogP contribution in [0, 0.1) is 13.8 Å². The van der Waals surface area contributed by atoms with E-state index in [9.17, 15) is 4.79 Å². The summed E-state index contributed by atoms with van der Waals surface area (Å²) in [5.74, 6) is 0.787. The Morgan fingerprint density at radius 1 is 1.00 bits per heavy atom. The van der Waals surface area contributed by atoms with Crippen LogP contribution in [-0.2, 0) is 10.2 Å². The highest BCUT2D eigenvalue weighted by Gasteiger charge is 2.45. The highest BCUT2D eigenvalue weighted by molar-refractivity contribution is 7.15. The van der Waals surface area contributed by atoms with Crippen LogP contribution in [0.15, 0.2) is 36.8 Å². The first-order valence-corrected chi connectivity index (χ1v) is 8.90. The Hall–Kier alpha value is -2.60. The number of nitrogens with zero attached hydrogens (tertiary/aromatic N) is 4. The maximum Gasteiger partial charge on any atom is 0.243 e. The summed E-state index contributed by atoms with van der Waals surface area (Å²) in [6.07, 6.45) is 5.42. The summed E-state index contributed by atoms with van der Waals surface area (Å²) in [5.41, 5.74) is 3.25. The number of anilines is 2. The van der Waals surface area contributed by atoms with Crippen LogP contribution in [0.3, 0.4) is 0 Å². The average molecular weight is 350 g/mol. The number of amides is 1. The monoisotopic (exact) mass is 350 g/mol. The maximum atomic E-state index is 13.1. The van der Waals surface area contributed by atoms with Crippen molar-refractivity contribution in [3.8, 4) is 11.1 Å². The van der Waals surface area contributed by atoms with Gasteiger partial charge in [-0.1, -0.05) is 12.1 Å². The van der Waals surface area contributed by atoms with Crippen LogP contribution < -0.4 is 4.90 Å². The molecule has 1 aliphatic rings. The second-order valence-corrected chi connectivity index (χ2v) is 7.98. The molecule has 3 aromatic rings. The first-order chi connectivity index (χ1) is 11.9. The summed E-state index contributed by atoms with van der Waals surface area (Å²) < 4.78 is 0. The van der Waals surface area contributed by atoms with E-state index in [-0.39, 0.29) is 5.91 Å². The number of hydrogen-bond donors (Lipinski definition) is 0. The van der Waals surface area contributed by atoms with Gasteiger partial charge in [0, 0.05) is 29.0 Å². The number of carbonyl (C=O) groups is 1. The fraction of sp³-hybridized carbons (Fsp3) is 0.263. The van der Waals surface area contributed by atoms with Crippen LogP contribution in [-0.4, -0.2) is 20.9 Å². The van der Waals surface area contributed by atoms with Gasteiger partial charge in [-0.15, -0.1) is 11.3 Å². The molecule has 0 bridgehead atoms. The molecule has 0 saturated carbocycles. The van der Waals surface area contributed by atoms with Gasteiger partial charge in [0.25, 0.3) is 0 Å². The molecule has 1 amide bonds. The van der Waals surface area contributed by atoms with Gasteiger partial charge in [-0.25, -0.2) is 15.0 Å². The first-order valence-electron chi connectivity index (χ1n) is 8.08. The number of hydrogen-bond acceptors (Lipinski definition) is 5. The van der Waals surface area contributed by atoms with E-state index in [1.165, 1.54) is 11.3 Å². The molecule has 6 heteroatoms. The predicted molar refractivity (Wildman–Crippen MR) is 99.2 cm³/mol. The summed E-state index contributed by atoms with van der Waals surface area (Å²) >= 11 is 1.53. The Labute approximate surface area is 150 Å². The SMILES string of the molecule is Cc1ncc(-c2ccc3c(c2)N(c2ncc(C)s2)C(=O)C3(C)C)cn1. The van der Waals surface area contributed by atoms with Gasteiger partial charge < -0.3 is 0 Å². The standard InChI is InChI=1S/C19H18N4OS/c1-11-8-22-18(25-11)23-16-7-13(14-9-20-12(2)21-10-14)5-6-15(16)19(3,4)17(23)24/h5-10H,1-4H3. The molecule has 3 heterocycles. The molecular weight excluding hydrogens is 332 g/mol. The second kappa shape index (κ2) is 5.46. The third kappa shape index (κ3) is 2.44. The third-order valence-electron chi connectivity index (χ3n) is 4.56. The molecule has 0 spiro atoms. The number of carbonyl (C=O) groups excluding carboxylic acids is 1.